The lowest BCUT2D eigenvalue weighted by Crippen LogP contribution is -2.09. The van der Waals surface area contributed by atoms with Gasteiger partial charge >= 0.3 is 0 Å². The van der Waals surface area contributed by atoms with Gasteiger partial charge in [-0.3, -0.25) is 4.79 Å². The summed E-state index contributed by atoms with van der Waals surface area (Å²) < 4.78 is 25.7. The van der Waals surface area contributed by atoms with E-state index in [2.05, 4.69) is 35.6 Å². The van der Waals surface area contributed by atoms with E-state index >= 15 is 0 Å². The molecule has 5 aromatic rings. The van der Waals surface area contributed by atoms with Gasteiger partial charge in [0.1, 0.15) is 17.1 Å². The summed E-state index contributed by atoms with van der Waals surface area (Å²) in [6.45, 7) is 5.92. The highest BCUT2D eigenvalue weighted by molar-refractivity contribution is 6.05. The van der Waals surface area contributed by atoms with Gasteiger partial charge in [0.25, 0.3) is 0 Å². The Morgan fingerprint density at radius 3 is 2.61 bits per heavy atom. The number of anilines is 1. The summed E-state index contributed by atoms with van der Waals surface area (Å²) in [5.41, 5.74) is 5.15. The number of furan rings is 1. The molecule has 4 aromatic carbocycles. The van der Waals surface area contributed by atoms with Crippen LogP contribution in [0.25, 0.3) is 38.4 Å². The first kappa shape index (κ1) is 23.4. The zero-order valence-corrected chi connectivity index (χ0v) is 20.4. The van der Waals surface area contributed by atoms with Crippen LogP contribution in [0.4, 0.5) is 10.1 Å². The fourth-order valence-electron chi connectivity index (χ4n) is 4.34. The monoisotopic (exact) mass is 479 g/mol. The van der Waals surface area contributed by atoms with E-state index in [4.69, 9.17) is 9.15 Å². The molecular weight excluding hydrogens is 453 g/mol. The highest BCUT2D eigenvalue weighted by Crippen LogP contribution is 2.38. The Bertz CT molecular complexity index is 1630. The molecule has 1 N–H and O–H groups in total. The Hall–Kier alpha value is -4.38. The number of carbonyl (C=O) groups excluding carboxylic acids is 1. The number of carbonyl (C=O) groups is 1. The first-order chi connectivity index (χ1) is 17.4. The summed E-state index contributed by atoms with van der Waals surface area (Å²) in [6.07, 6.45) is 3.25. The van der Waals surface area contributed by atoms with Crippen molar-refractivity contribution in [3.05, 3.63) is 102 Å². The molecule has 1 heterocycles. The van der Waals surface area contributed by atoms with Crippen molar-refractivity contribution < 1.29 is 18.3 Å². The number of hydrogen-bond donors (Lipinski definition) is 1. The van der Waals surface area contributed by atoms with Crippen molar-refractivity contribution in [2.45, 2.75) is 20.8 Å². The standard InChI is InChI=1S/C31H26FNO3/c1-4-35-29-17-30-26(27(18-36-30)23-11-10-21-7-5-6-8-22(21)14-23)16-25(29)20(3)13-31(34)33-24-12-9-19(2)28(32)15-24/h5-18H,4H2,1-3H3,(H,33,34)/b20-13+. The normalized spacial score (nSPS) is 11.7. The van der Waals surface area contributed by atoms with Gasteiger partial charge in [0.2, 0.25) is 5.91 Å². The molecule has 36 heavy (non-hydrogen) atoms. The zero-order valence-electron chi connectivity index (χ0n) is 20.4. The minimum Gasteiger partial charge on any atom is -0.493 e. The number of hydrogen-bond acceptors (Lipinski definition) is 3. The van der Waals surface area contributed by atoms with Crippen LogP contribution in [-0.2, 0) is 4.79 Å². The Morgan fingerprint density at radius 2 is 1.83 bits per heavy atom. The molecule has 4 nitrogen and oxygen atoms in total. The molecule has 0 radical (unpaired) electrons. The lowest BCUT2D eigenvalue weighted by molar-refractivity contribution is -0.111. The zero-order chi connectivity index (χ0) is 25.2. The van der Waals surface area contributed by atoms with E-state index in [1.165, 1.54) is 17.5 Å². The number of aryl methyl sites for hydroxylation is 1. The largest absolute Gasteiger partial charge is 0.493 e. The van der Waals surface area contributed by atoms with Crippen LogP contribution in [0, 0.1) is 12.7 Å². The second-order valence-electron chi connectivity index (χ2n) is 8.77. The van der Waals surface area contributed by atoms with Gasteiger partial charge in [0.15, 0.2) is 0 Å². The molecular formula is C31H26FNO3. The summed E-state index contributed by atoms with van der Waals surface area (Å²) in [4.78, 5) is 12.7. The van der Waals surface area contributed by atoms with Crippen molar-refractivity contribution in [2.24, 2.45) is 0 Å². The summed E-state index contributed by atoms with van der Waals surface area (Å²) in [6, 6.07) is 23.0. The van der Waals surface area contributed by atoms with Gasteiger partial charge in [0.05, 0.1) is 12.9 Å². The number of nitrogens with one attached hydrogen (secondary N) is 1. The third-order valence-corrected chi connectivity index (χ3v) is 6.25. The fraction of sp³-hybridized carbons (Fsp3) is 0.129. The maximum atomic E-state index is 13.9. The molecule has 0 saturated heterocycles. The minimum atomic E-state index is -0.362. The van der Waals surface area contributed by atoms with E-state index in [9.17, 15) is 9.18 Å². The third kappa shape index (κ3) is 4.60. The van der Waals surface area contributed by atoms with Crippen LogP contribution >= 0.6 is 0 Å². The van der Waals surface area contributed by atoms with Crippen molar-refractivity contribution in [1.82, 2.24) is 0 Å². The molecule has 0 aliphatic rings. The van der Waals surface area contributed by atoms with Crippen LogP contribution in [0.5, 0.6) is 5.75 Å². The third-order valence-electron chi connectivity index (χ3n) is 6.25. The molecule has 1 amide bonds. The van der Waals surface area contributed by atoms with E-state index in [0.29, 0.717) is 29.2 Å². The maximum Gasteiger partial charge on any atom is 0.248 e. The van der Waals surface area contributed by atoms with Gasteiger partial charge in [-0.1, -0.05) is 42.5 Å². The smallest absolute Gasteiger partial charge is 0.248 e. The minimum absolute atomic E-state index is 0.347. The highest BCUT2D eigenvalue weighted by Gasteiger charge is 2.16. The molecule has 0 unspecified atom stereocenters. The van der Waals surface area contributed by atoms with Gasteiger partial charge in [-0.25, -0.2) is 4.39 Å². The van der Waals surface area contributed by atoms with Crippen molar-refractivity contribution in [3.63, 3.8) is 0 Å². The van der Waals surface area contributed by atoms with Crippen LogP contribution in [0.3, 0.4) is 0 Å². The van der Waals surface area contributed by atoms with Gasteiger partial charge < -0.3 is 14.5 Å². The SMILES string of the molecule is CCOc1cc2occ(-c3ccc4ccccc4c3)c2cc1/C(C)=C/C(=O)Nc1ccc(C)c(F)c1. The molecule has 1 aromatic heterocycles. The highest BCUT2D eigenvalue weighted by atomic mass is 19.1. The van der Waals surface area contributed by atoms with Crippen LogP contribution in [-0.4, -0.2) is 12.5 Å². The van der Waals surface area contributed by atoms with Crippen LogP contribution in [0.15, 0.2) is 89.6 Å². The van der Waals surface area contributed by atoms with Crippen LogP contribution < -0.4 is 10.1 Å². The Morgan fingerprint density at radius 1 is 1.03 bits per heavy atom. The lowest BCUT2D eigenvalue weighted by Gasteiger charge is -2.12. The van der Waals surface area contributed by atoms with E-state index in [-0.39, 0.29) is 11.7 Å². The van der Waals surface area contributed by atoms with Crippen molar-refractivity contribution in [2.75, 3.05) is 11.9 Å². The van der Waals surface area contributed by atoms with Crippen molar-refractivity contribution in [1.29, 1.82) is 0 Å². The number of amides is 1. The van der Waals surface area contributed by atoms with E-state index in [1.54, 1.807) is 25.3 Å². The Kier molecular flexibility index (Phi) is 6.30. The second kappa shape index (κ2) is 9.70. The summed E-state index contributed by atoms with van der Waals surface area (Å²) >= 11 is 0. The topological polar surface area (TPSA) is 51.5 Å². The molecule has 0 fully saturated rings. The molecule has 0 saturated carbocycles. The molecule has 0 atom stereocenters. The number of ether oxygens (including phenoxy) is 1. The summed E-state index contributed by atoms with van der Waals surface area (Å²) in [7, 11) is 0. The lowest BCUT2D eigenvalue weighted by atomic mass is 9.97. The van der Waals surface area contributed by atoms with E-state index in [0.717, 1.165) is 33.0 Å². The first-order valence-corrected chi connectivity index (χ1v) is 11.9. The Balaban J connectivity index is 1.53. The van der Waals surface area contributed by atoms with E-state index in [1.807, 2.05) is 38.1 Å². The average molecular weight is 480 g/mol. The average Bonchev–Trinajstić information content (AvgIpc) is 3.28. The summed E-state index contributed by atoms with van der Waals surface area (Å²) in [5.74, 6) is -0.0775. The molecule has 0 aliphatic heterocycles. The van der Waals surface area contributed by atoms with Gasteiger partial charge in [-0.05, 0) is 72.5 Å². The predicted molar refractivity (Wildman–Crippen MR) is 144 cm³/mol. The molecule has 5 rings (SSSR count). The second-order valence-corrected chi connectivity index (χ2v) is 8.77. The van der Waals surface area contributed by atoms with Gasteiger partial charge in [0, 0.05) is 34.3 Å². The fourth-order valence-corrected chi connectivity index (χ4v) is 4.34. The van der Waals surface area contributed by atoms with Crippen LogP contribution in [0.1, 0.15) is 25.0 Å². The Labute approximate surface area is 209 Å². The number of benzene rings is 4. The molecule has 180 valence electrons. The van der Waals surface area contributed by atoms with E-state index < -0.39 is 0 Å². The number of halogens is 1. The molecule has 5 heteroatoms. The van der Waals surface area contributed by atoms with Gasteiger partial charge in [-0.2, -0.15) is 0 Å². The predicted octanol–water partition coefficient (Wildman–Crippen LogP) is 8.14. The number of rotatable bonds is 6. The number of allylic oxidation sites excluding steroid dienone is 1. The van der Waals surface area contributed by atoms with Crippen LogP contribution in [0.2, 0.25) is 0 Å². The van der Waals surface area contributed by atoms with Crippen molar-refractivity contribution in [3.8, 4) is 16.9 Å². The first-order valence-electron chi connectivity index (χ1n) is 11.9. The quantitative estimate of drug-likeness (QED) is 0.250. The molecule has 0 bridgehead atoms. The molecule has 0 spiro atoms. The molecule has 0 aliphatic carbocycles. The maximum absolute atomic E-state index is 13.9. The van der Waals surface area contributed by atoms with Gasteiger partial charge in [-0.15, -0.1) is 0 Å². The van der Waals surface area contributed by atoms with Crippen molar-refractivity contribution >= 4 is 38.9 Å². The number of fused-ring (bicyclic) bond motifs is 2. The summed E-state index contributed by atoms with van der Waals surface area (Å²) in [5, 5.41) is 5.98.